The molecule has 0 fully saturated rings. The monoisotopic (exact) mass is 252 g/mol. The van der Waals surface area contributed by atoms with Gasteiger partial charge < -0.3 is 0 Å². The van der Waals surface area contributed by atoms with Gasteiger partial charge in [-0.25, -0.2) is 0 Å². The van der Waals surface area contributed by atoms with Gasteiger partial charge in [-0.3, -0.25) is 0 Å². The van der Waals surface area contributed by atoms with Crippen LogP contribution in [-0.2, 0) is 0 Å². The van der Waals surface area contributed by atoms with Gasteiger partial charge in [-0.2, -0.15) is 0 Å². The molecule has 0 aromatic heterocycles. The van der Waals surface area contributed by atoms with E-state index in [4.69, 9.17) is 0 Å². The highest BCUT2D eigenvalue weighted by Crippen LogP contribution is 2.17. The largest absolute Gasteiger partial charge is 0.107 e. The van der Waals surface area contributed by atoms with Crippen LogP contribution in [0.2, 0.25) is 13.1 Å². The molecule has 0 aliphatic heterocycles. The minimum Gasteiger partial charge on any atom is -0.0785 e. The fourth-order valence-corrected chi connectivity index (χ4v) is 4.07. The maximum atomic E-state index is 2.41. The van der Waals surface area contributed by atoms with Gasteiger partial charge in [0.05, 0.1) is 0 Å². The molecule has 0 saturated heterocycles. The molecule has 92 valence electrons. The molecule has 0 heterocycles. The predicted molar refractivity (Wildman–Crippen MR) is 83.7 cm³/mol. The van der Waals surface area contributed by atoms with E-state index in [9.17, 15) is 0 Å². The zero-order valence-corrected chi connectivity index (χ0v) is 12.4. The summed E-state index contributed by atoms with van der Waals surface area (Å²) in [7, 11) is -1.50. The molecule has 0 nitrogen and oxygen atoms in total. The standard InChI is InChI=1S/C17H20Si/c1-15(14-16-10-6-4-7-11-16)18(2,3)17-12-8-5-9-13-17/h4-14H,1-3H3/b15-14+. The van der Waals surface area contributed by atoms with Gasteiger partial charge in [0.15, 0.2) is 0 Å². The van der Waals surface area contributed by atoms with Crippen molar-refractivity contribution in [2.24, 2.45) is 0 Å². The smallest absolute Gasteiger partial charge is 0.0785 e. The quantitative estimate of drug-likeness (QED) is 0.717. The van der Waals surface area contributed by atoms with Gasteiger partial charge in [-0.1, -0.05) is 90.2 Å². The zero-order chi connectivity index (χ0) is 13.0. The van der Waals surface area contributed by atoms with Crippen molar-refractivity contribution in [3.63, 3.8) is 0 Å². The average molecular weight is 252 g/mol. The topological polar surface area (TPSA) is 0 Å². The Morgan fingerprint density at radius 1 is 0.833 bits per heavy atom. The molecular weight excluding hydrogens is 232 g/mol. The van der Waals surface area contributed by atoms with E-state index in [2.05, 4.69) is 86.8 Å². The Labute approximate surface area is 111 Å². The van der Waals surface area contributed by atoms with Gasteiger partial charge in [0.25, 0.3) is 0 Å². The van der Waals surface area contributed by atoms with Crippen LogP contribution in [0.15, 0.2) is 65.9 Å². The molecule has 0 unspecified atom stereocenters. The van der Waals surface area contributed by atoms with Gasteiger partial charge in [-0.15, -0.1) is 0 Å². The summed E-state index contributed by atoms with van der Waals surface area (Å²) in [5, 5.41) is 3.01. The Hall–Kier alpha value is -1.60. The summed E-state index contributed by atoms with van der Waals surface area (Å²) >= 11 is 0. The lowest BCUT2D eigenvalue weighted by Crippen LogP contribution is -2.42. The highest BCUT2D eigenvalue weighted by Gasteiger charge is 2.24. The lowest BCUT2D eigenvalue weighted by Gasteiger charge is -2.24. The minimum atomic E-state index is -1.50. The second-order valence-corrected chi connectivity index (χ2v) is 9.85. The SMILES string of the molecule is C/C(=C\c1ccccc1)[Si](C)(C)c1ccccc1. The molecule has 2 aromatic rings. The van der Waals surface area contributed by atoms with Crippen LogP contribution in [0.25, 0.3) is 6.08 Å². The van der Waals surface area contributed by atoms with Crippen molar-refractivity contribution in [1.29, 1.82) is 0 Å². The molecule has 2 aromatic carbocycles. The van der Waals surface area contributed by atoms with Crippen molar-refractivity contribution in [1.82, 2.24) is 0 Å². The molecule has 1 heteroatoms. The summed E-state index contributed by atoms with van der Waals surface area (Å²) < 4.78 is 0. The van der Waals surface area contributed by atoms with E-state index < -0.39 is 8.07 Å². The molecule has 0 bridgehead atoms. The second-order valence-electron chi connectivity index (χ2n) is 5.23. The van der Waals surface area contributed by atoms with Crippen LogP contribution in [0.4, 0.5) is 0 Å². The molecule has 0 N–H and O–H groups in total. The van der Waals surface area contributed by atoms with Crippen LogP contribution >= 0.6 is 0 Å². The lowest BCUT2D eigenvalue weighted by atomic mass is 10.2. The fourth-order valence-electron chi connectivity index (χ4n) is 2.06. The molecule has 0 atom stereocenters. The Balaban J connectivity index is 2.33. The van der Waals surface area contributed by atoms with Gasteiger partial charge in [0.2, 0.25) is 0 Å². The normalized spacial score (nSPS) is 12.5. The molecule has 0 aliphatic rings. The minimum absolute atomic E-state index is 1.30. The molecule has 2 rings (SSSR count). The first-order valence-electron chi connectivity index (χ1n) is 6.40. The highest BCUT2D eigenvalue weighted by atomic mass is 28.3. The van der Waals surface area contributed by atoms with Crippen molar-refractivity contribution in [3.8, 4) is 0 Å². The maximum absolute atomic E-state index is 2.41. The van der Waals surface area contributed by atoms with E-state index in [1.807, 2.05) is 0 Å². The fraction of sp³-hybridized carbons (Fsp3) is 0.176. The Bertz CT molecular complexity index is 524. The van der Waals surface area contributed by atoms with Crippen LogP contribution in [0.1, 0.15) is 12.5 Å². The van der Waals surface area contributed by atoms with Crippen LogP contribution in [0.3, 0.4) is 0 Å². The number of benzene rings is 2. The Kier molecular flexibility index (Phi) is 3.83. The predicted octanol–water partition coefficient (Wildman–Crippen LogP) is 4.24. The Morgan fingerprint density at radius 2 is 1.33 bits per heavy atom. The zero-order valence-electron chi connectivity index (χ0n) is 11.4. The average Bonchev–Trinajstić information content (AvgIpc) is 2.41. The first kappa shape index (κ1) is 12.8. The molecule has 0 saturated carbocycles. The highest BCUT2D eigenvalue weighted by molar-refractivity contribution is 6.96. The molecule has 18 heavy (non-hydrogen) atoms. The van der Waals surface area contributed by atoms with E-state index in [0.29, 0.717) is 0 Å². The van der Waals surface area contributed by atoms with Crippen LogP contribution in [0.5, 0.6) is 0 Å². The van der Waals surface area contributed by atoms with Crippen molar-refractivity contribution >= 4 is 19.3 Å². The number of rotatable bonds is 3. The van der Waals surface area contributed by atoms with Crippen molar-refractivity contribution in [2.75, 3.05) is 0 Å². The van der Waals surface area contributed by atoms with Crippen LogP contribution in [0, 0.1) is 0 Å². The van der Waals surface area contributed by atoms with Crippen molar-refractivity contribution in [3.05, 3.63) is 71.4 Å². The van der Waals surface area contributed by atoms with E-state index in [1.165, 1.54) is 15.9 Å². The van der Waals surface area contributed by atoms with Gasteiger partial charge in [0.1, 0.15) is 8.07 Å². The summed E-state index contributed by atoms with van der Waals surface area (Å²) in [5.41, 5.74) is 1.30. The third kappa shape index (κ3) is 2.80. The Morgan fingerprint density at radius 3 is 1.89 bits per heavy atom. The molecular formula is C17H20Si. The summed E-state index contributed by atoms with van der Waals surface area (Å²) in [6.07, 6.45) is 2.33. The van der Waals surface area contributed by atoms with Gasteiger partial charge >= 0.3 is 0 Å². The van der Waals surface area contributed by atoms with Gasteiger partial charge in [-0.05, 0) is 12.5 Å². The van der Waals surface area contributed by atoms with Crippen LogP contribution in [-0.4, -0.2) is 8.07 Å². The van der Waals surface area contributed by atoms with Crippen LogP contribution < -0.4 is 5.19 Å². The van der Waals surface area contributed by atoms with E-state index >= 15 is 0 Å². The van der Waals surface area contributed by atoms with Gasteiger partial charge in [0, 0.05) is 0 Å². The van der Waals surface area contributed by atoms with E-state index in [0.717, 1.165) is 0 Å². The third-order valence-corrected chi connectivity index (χ3v) is 7.56. The van der Waals surface area contributed by atoms with E-state index in [-0.39, 0.29) is 0 Å². The van der Waals surface area contributed by atoms with E-state index in [1.54, 1.807) is 0 Å². The van der Waals surface area contributed by atoms with Crippen molar-refractivity contribution < 1.29 is 0 Å². The number of hydrogen-bond acceptors (Lipinski definition) is 0. The first-order chi connectivity index (χ1) is 8.60. The number of allylic oxidation sites excluding steroid dienone is 1. The first-order valence-corrected chi connectivity index (χ1v) is 9.40. The third-order valence-electron chi connectivity index (χ3n) is 3.66. The summed E-state index contributed by atoms with van der Waals surface area (Å²) in [5.74, 6) is 0. The molecule has 0 radical (unpaired) electrons. The summed E-state index contributed by atoms with van der Waals surface area (Å²) in [6.45, 7) is 7.10. The summed E-state index contributed by atoms with van der Waals surface area (Å²) in [6, 6.07) is 21.5. The number of hydrogen-bond donors (Lipinski definition) is 0. The second kappa shape index (κ2) is 5.36. The molecule has 0 spiro atoms. The summed E-state index contributed by atoms with van der Waals surface area (Å²) in [4.78, 5) is 0. The van der Waals surface area contributed by atoms with Crippen molar-refractivity contribution in [2.45, 2.75) is 20.0 Å². The molecule has 0 amide bonds. The maximum Gasteiger partial charge on any atom is 0.107 e. The molecule has 0 aliphatic carbocycles. The lowest BCUT2D eigenvalue weighted by molar-refractivity contribution is 1.55.